The molecule has 0 radical (unpaired) electrons. The van der Waals surface area contributed by atoms with Crippen LogP contribution in [0.3, 0.4) is 0 Å². The third-order valence-corrected chi connectivity index (χ3v) is 3.51. The van der Waals surface area contributed by atoms with E-state index in [0.29, 0.717) is 29.4 Å². The molecule has 2 rings (SSSR count). The average Bonchev–Trinajstić information content (AvgIpc) is 2.53. The van der Waals surface area contributed by atoms with Crippen molar-refractivity contribution in [2.75, 3.05) is 13.7 Å². The number of ether oxygens (including phenoxy) is 1. The van der Waals surface area contributed by atoms with Gasteiger partial charge in [0.25, 0.3) is 5.91 Å². The minimum absolute atomic E-state index is 0.0827. The highest BCUT2D eigenvalue weighted by molar-refractivity contribution is 6.31. The van der Waals surface area contributed by atoms with E-state index in [0.717, 1.165) is 5.56 Å². The number of hydrogen-bond donors (Lipinski definition) is 0. The quantitative estimate of drug-likeness (QED) is 0.835. The highest BCUT2D eigenvalue weighted by Gasteiger charge is 2.19. The lowest BCUT2D eigenvalue weighted by atomic mass is 10.1. The van der Waals surface area contributed by atoms with E-state index < -0.39 is 0 Å². The Morgan fingerprint density at radius 3 is 2.52 bits per heavy atom. The molecule has 2 aromatic rings. The van der Waals surface area contributed by atoms with E-state index in [1.165, 1.54) is 0 Å². The minimum atomic E-state index is -0.0827. The first-order valence-corrected chi connectivity index (χ1v) is 7.20. The van der Waals surface area contributed by atoms with Crippen molar-refractivity contribution in [3.8, 4) is 5.75 Å². The summed E-state index contributed by atoms with van der Waals surface area (Å²) >= 11 is 6.00. The Labute approximate surface area is 130 Å². The summed E-state index contributed by atoms with van der Waals surface area (Å²) in [6.07, 6.45) is 0. The molecule has 21 heavy (non-hydrogen) atoms. The Balaban J connectivity index is 2.26. The monoisotopic (exact) mass is 303 g/mol. The Bertz CT molecular complexity index is 613. The van der Waals surface area contributed by atoms with Gasteiger partial charge in [-0.05, 0) is 30.7 Å². The Kier molecular flexibility index (Phi) is 5.23. The van der Waals surface area contributed by atoms with Crippen LogP contribution in [-0.4, -0.2) is 24.5 Å². The fourth-order valence-electron chi connectivity index (χ4n) is 2.15. The smallest absolute Gasteiger partial charge is 0.257 e. The molecule has 0 atom stereocenters. The van der Waals surface area contributed by atoms with Gasteiger partial charge in [0, 0.05) is 18.1 Å². The molecule has 0 saturated carbocycles. The SMILES string of the molecule is CCN(Cc1ccccc1)C(=O)c1cc(Cl)ccc1OC. The zero-order valence-corrected chi connectivity index (χ0v) is 12.9. The third kappa shape index (κ3) is 3.76. The number of benzene rings is 2. The summed E-state index contributed by atoms with van der Waals surface area (Å²) in [7, 11) is 1.55. The second kappa shape index (κ2) is 7.14. The van der Waals surface area contributed by atoms with Crippen LogP contribution in [-0.2, 0) is 6.54 Å². The van der Waals surface area contributed by atoms with Gasteiger partial charge in [-0.1, -0.05) is 41.9 Å². The molecule has 0 aliphatic carbocycles. The van der Waals surface area contributed by atoms with Gasteiger partial charge < -0.3 is 9.64 Å². The van der Waals surface area contributed by atoms with Crippen LogP contribution in [0.5, 0.6) is 5.75 Å². The van der Waals surface area contributed by atoms with Crippen molar-refractivity contribution in [1.29, 1.82) is 0 Å². The topological polar surface area (TPSA) is 29.5 Å². The molecule has 0 heterocycles. The third-order valence-electron chi connectivity index (χ3n) is 3.28. The molecule has 0 aliphatic heterocycles. The van der Waals surface area contributed by atoms with Crippen molar-refractivity contribution in [2.24, 2.45) is 0 Å². The first kappa shape index (κ1) is 15.4. The van der Waals surface area contributed by atoms with Gasteiger partial charge >= 0.3 is 0 Å². The van der Waals surface area contributed by atoms with Gasteiger partial charge in [0.1, 0.15) is 5.75 Å². The van der Waals surface area contributed by atoms with Crippen LogP contribution < -0.4 is 4.74 Å². The molecule has 0 N–H and O–H groups in total. The van der Waals surface area contributed by atoms with Crippen molar-refractivity contribution < 1.29 is 9.53 Å². The number of methoxy groups -OCH3 is 1. The molecule has 110 valence electrons. The van der Waals surface area contributed by atoms with E-state index in [1.54, 1.807) is 30.2 Å². The maximum atomic E-state index is 12.7. The Morgan fingerprint density at radius 2 is 1.90 bits per heavy atom. The number of halogens is 1. The molecule has 3 nitrogen and oxygen atoms in total. The van der Waals surface area contributed by atoms with Gasteiger partial charge in [0.05, 0.1) is 12.7 Å². The number of hydrogen-bond acceptors (Lipinski definition) is 2. The normalized spacial score (nSPS) is 10.2. The molecule has 2 aromatic carbocycles. The molecular formula is C17H18ClNO2. The summed E-state index contributed by atoms with van der Waals surface area (Å²) in [6.45, 7) is 3.13. The molecule has 4 heteroatoms. The maximum absolute atomic E-state index is 12.7. The van der Waals surface area contributed by atoms with Crippen molar-refractivity contribution in [3.63, 3.8) is 0 Å². The molecule has 0 saturated heterocycles. The fourth-order valence-corrected chi connectivity index (χ4v) is 2.32. The number of carbonyl (C=O) groups is 1. The van der Waals surface area contributed by atoms with Crippen LogP contribution in [0.15, 0.2) is 48.5 Å². The number of nitrogens with zero attached hydrogens (tertiary/aromatic N) is 1. The predicted octanol–water partition coefficient (Wildman–Crippen LogP) is 4.01. The largest absolute Gasteiger partial charge is 0.496 e. The second-order valence-corrected chi connectivity index (χ2v) is 5.09. The van der Waals surface area contributed by atoms with Crippen LogP contribution in [0.2, 0.25) is 5.02 Å². The van der Waals surface area contributed by atoms with E-state index in [9.17, 15) is 4.79 Å². The van der Waals surface area contributed by atoms with E-state index in [2.05, 4.69) is 0 Å². The van der Waals surface area contributed by atoms with Gasteiger partial charge in [-0.3, -0.25) is 4.79 Å². The van der Waals surface area contributed by atoms with Crippen LogP contribution in [0.4, 0.5) is 0 Å². The average molecular weight is 304 g/mol. The van der Waals surface area contributed by atoms with Gasteiger partial charge in [-0.25, -0.2) is 0 Å². The lowest BCUT2D eigenvalue weighted by Gasteiger charge is -2.22. The summed E-state index contributed by atoms with van der Waals surface area (Å²) in [5, 5.41) is 0.523. The number of rotatable bonds is 5. The fraction of sp³-hybridized carbons (Fsp3) is 0.235. The number of carbonyl (C=O) groups excluding carboxylic acids is 1. The van der Waals surface area contributed by atoms with Crippen molar-refractivity contribution >= 4 is 17.5 Å². The summed E-state index contributed by atoms with van der Waals surface area (Å²) < 4.78 is 5.26. The van der Waals surface area contributed by atoms with E-state index in [4.69, 9.17) is 16.3 Å². The van der Waals surface area contributed by atoms with Crippen LogP contribution >= 0.6 is 11.6 Å². The van der Waals surface area contributed by atoms with Crippen molar-refractivity contribution in [3.05, 3.63) is 64.7 Å². The minimum Gasteiger partial charge on any atom is -0.496 e. The molecule has 0 fully saturated rings. The summed E-state index contributed by atoms with van der Waals surface area (Å²) in [6, 6.07) is 15.0. The second-order valence-electron chi connectivity index (χ2n) is 4.65. The van der Waals surface area contributed by atoms with Crippen molar-refractivity contribution in [1.82, 2.24) is 4.90 Å². The zero-order valence-electron chi connectivity index (χ0n) is 12.2. The predicted molar refractivity (Wildman–Crippen MR) is 84.9 cm³/mol. The summed E-state index contributed by atoms with van der Waals surface area (Å²) in [4.78, 5) is 14.5. The molecule has 0 spiro atoms. The first-order valence-electron chi connectivity index (χ1n) is 6.82. The number of amides is 1. The van der Waals surface area contributed by atoms with E-state index in [1.807, 2.05) is 37.3 Å². The zero-order chi connectivity index (χ0) is 15.2. The maximum Gasteiger partial charge on any atom is 0.257 e. The Morgan fingerprint density at radius 1 is 1.19 bits per heavy atom. The summed E-state index contributed by atoms with van der Waals surface area (Å²) in [5.74, 6) is 0.455. The highest BCUT2D eigenvalue weighted by Crippen LogP contribution is 2.24. The molecule has 0 unspecified atom stereocenters. The van der Waals surface area contributed by atoms with Gasteiger partial charge in [-0.2, -0.15) is 0 Å². The van der Waals surface area contributed by atoms with Gasteiger partial charge in [0.2, 0.25) is 0 Å². The van der Waals surface area contributed by atoms with Crippen molar-refractivity contribution in [2.45, 2.75) is 13.5 Å². The lowest BCUT2D eigenvalue weighted by molar-refractivity contribution is 0.0749. The van der Waals surface area contributed by atoms with Gasteiger partial charge in [-0.15, -0.1) is 0 Å². The van der Waals surface area contributed by atoms with Crippen LogP contribution in [0.1, 0.15) is 22.8 Å². The van der Waals surface area contributed by atoms with E-state index in [-0.39, 0.29) is 5.91 Å². The molecular weight excluding hydrogens is 286 g/mol. The molecule has 1 amide bonds. The molecule has 0 bridgehead atoms. The summed E-state index contributed by atoms with van der Waals surface area (Å²) in [5.41, 5.74) is 1.58. The van der Waals surface area contributed by atoms with Gasteiger partial charge in [0.15, 0.2) is 0 Å². The Hall–Kier alpha value is -2.00. The van der Waals surface area contributed by atoms with Crippen LogP contribution in [0.25, 0.3) is 0 Å². The highest BCUT2D eigenvalue weighted by atomic mass is 35.5. The molecule has 0 aliphatic rings. The lowest BCUT2D eigenvalue weighted by Crippen LogP contribution is -2.30. The standard InChI is InChI=1S/C17H18ClNO2/c1-3-19(12-13-7-5-4-6-8-13)17(20)15-11-14(18)9-10-16(15)21-2/h4-11H,3,12H2,1-2H3. The van der Waals surface area contributed by atoms with E-state index >= 15 is 0 Å². The first-order chi connectivity index (χ1) is 10.2. The molecule has 0 aromatic heterocycles. The van der Waals surface area contributed by atoms with Crippen LogP contribution in [0, 0.1) is 0 Å².